The lowest BCUT2D eigenvalue weighted by Gasteiger charge is -2.35. The fraction of sp³-hybridized carbons (Fsp3) is 0.632. The van der Waals surface area contributed by atoms with Gasteiger partial charge in [0.05, 0.1) is 19.1 Å². The summed E-state index contributed by atoms with van der Waals surface area (Å²) in [6.45, 7) is 10.2. The lowest BCUT2D eigenvalue weighted by molar-refractivity contribution is -0.143. The molecule has 2 heterocycles. The first-order valence-corrected chi connectivity index (χ1v) is 9.08. The fourth-order valence-corrected chi connectivity index (χ4v) is 3.59. The highest BCUT2D eigenvalue weighted by Gasteiger charge is 2.27. The standard InChI is InChI=1S/C19H29N3O4/c1-13(2)22-14(3)12-16(15(22)4)19(25)21-10-8-20(9-11-21)17(23)6-7-18(24)26-5/h12-13H,6-11H2,1-5H3. The topological polar surface area (TPSA) is 71.9 Å². The van der Waals surface area contributed by atoms with E-state index in [-0.39, 0.29) is 30.6 Å². The highest BCUT2D eigenvalue weighted by Crippen LogP contribution is 2.22. The molecular formula is C19H29N3O4. The van der Waals surface area contributed by atoms with Crippen molar-refractivity contribution in [2.75, 3.05) is 33.3 Å². The third-order valence-electron chi connectivity index (χ3n) is 4.92. The fourth-order valence-electron chi connectivity index (χ4n) is 3.59. The number of nitrogens with zero attached hydrogens (tertiary/aromatic N) is 3. The lowest BCUT2D eigenvalue weighted by atomic mass is 10.2. The Morgan fingerprint density at radius 2 is 1.62 bits per heavy atom. The quantitative estimate of drug-likeness (QED) is 0.750. The molecule has 1 aliphatic heterocycles. The summed E-state index contributed by atoms with van der Waals surface area (Å²) in [6.07, 6.45) is 0.242. The predicted octanol–water partition coefficient (Wildman–Crippen LogP) is 1.92. The molecule has 144 valence electrons. The van der Waals surface area contributed by atoms with Crippen LogP contribution in [0.15, 0.2) is 6.07 Å². The van der Waals surface area contributed by atoms with Gasteiger partial charge in [-0.3, -0.25) is 14.4 Å². The molecule has 0 aromatic carbocycles. The zero-order chi connectivity index (χ0) is 19.4. The number of piperazine rings is 1. The average Bonchev–Trinajstić information content (AvgIpc) is 2.93. The number of hydrogen-bond acceptors (Lipinski definition) is 4. The van der Waals surface area contributed by atoms with Crippen LogP contribution in [0.25, 0.3) is 0 Å². The molecule has 7 heteroatoms. The summed E-state index contributed by atoms with van der Waals surface area (Å²) in [7, 11) is 1.31. The van der Waals surface area contributed by atoms with Crippen molar-refractivity contribution in [3.8, 4) is 0 Å². The van der Waals surface area contributed by atoms with Gasteiger partial charge in [-0.2, -0.15) is 0 Å². The second-order valence-corrected chi connectivity index (χ2v) is 7.00. The van der Waals surface area contributed by atoms with Crippen LogP contribution in [0, 0.1) is 13.8 Å². The Kier molecular flexibility index (Phi) is 6.45. The van der Waals surface area contributed by atoms with Crippen LogP contribution in [0.4, 0.5) is 0 Å². The van der Waals surface area contributed by atoms with Crippen molar-refractivity contribution in [1.82, 2.24) is 14.4 Å². The lowest BCUT2D eigenvalue weighted by Crippen LogP contribution is -2.50. The Morgan fingerprint density at radius 3 is 2.12 bits per heavy atom. The van der Waals surface area contributed by atoms with Crippen molar-refractivity contribution in [2.24, 2.45) is 0 Å². The molecule has 2 amide bonds. The van der Waals surface area contributed by atoms with E-state index in [4.69, 9.17) is 0 Å². The van der Waals surface area contributed by atoms with Crippen molar-refractivity contribution in [2.45, 2.75) is 46.6 Å². The molecule has 0 unspecified atom stereocenters. The van der Waals surface area contributed by atoms with E-state index in [1.165, 1.54) is 7.11 Å². The van der Waals surface area contributed by atoms with Gasteiger partial charge in [0.25, 0.3) is 5.91 Å². The Morgan fingerprint density at radius 1 is 1.04 bits per heavy atom. The smallest absolute Gasteiger partial charge is 0.306 e. The second-order valence-electron chi connectivity index (χ2n) is 7.00. The number of amides is 2. The number of aryl methyl sites for hydroxylation is 1. The number of methoxy groups -OCH3 is 1. The van der Waals surface area contributed by atoms with Crippen molar-refractivity contribution < 1.29 is 19.1 Å². The number of carbonyl (C=O) groups excluding carboxylic acids is 3. The highest BCUT2D eigenvalue weighted by molar-refractivity contribution is 5.96. The molecule has 1 saturated heterocycles. The maximum absolute atomic E-state index is 12.9. The maximum Gasteiger partial charge on any atom is 0.306 e. The van der Waals surface area contributed by atoms with Gasteiger partial charge in [-0.05, 0) is 33.8 Å². The van der Waals surface area contributed by atoms with Crippen LogP contribution in [0.1, 0.15) is 54.5 Å². The summed E-state index contributed by atoms with van der Waals surface area (Å²) < 4.78 is 6.73. The van der Waals surface area contributed by atoms with Crippen LogP contribution < -0.4 is 0 Å². The Balaban J connectivity index is 1.96. The number of aromatic nitrogens is 1. The molecule has 1 aliphatic rings. The van der Waals surface area contributed by atoms with E-state index in [9.17, 15) is 14.4 Å². The van der Waals surface area contributed by atoms with Crippen molar-refractivity contribution in [1.29, 1.82) is 0 Å². The first-order chi connectivity index (χ1) is 12.3. The van der Waals surface area contributed by atoms with Gasteiger partial charge in [-0.25, -0.2) is 0 Å². The van der Waals surface area contributed by atoms with E-state index in [1.54, 1.807) is 9.80 Å². The van der Waals surface area contributed by atoms with E-state index in [0.29, 0.717) is 32.2 Å². The molecule has 0 atom stereocenters. The van der Waals surface area contributed by atoms with Gasteiger partial charge >= 0.3 is 5.97 Å². The van der Waals surface area contributed by atoms with E-state index < -0.39 is 0 Å². The Labute approximate surface area is 154 Å². The SMILES string of the molecule is COC(=O)CCC(=O)N1CCN(C(=O)c2cc(C)n(C(C)C)c2C)CC1. The number of rotatable bonds is 5. The number of esters is 1. The first kappa shape index (κ1) is 20.0. The van der Waals surface area contributed by atoms with E-state index in [2.05, 4.69) is 23.2 Å². The summed E-state index contributed by atoms with van der Waals surface area (Å²) in [6, 6.07) is 2.26. The van der Waals surface area contributed by atoms with Crippen molar-refractivity contribution in [3.05, 3.63) is 23.0 Å². The molecular weight excluding hydrogens is 334 g/mol. The minimum atomic E-state index is -0.382. The highest BCUT2D eigenvalue weighted by atomic mass is 16.5. The molecule has 0 saturated carbocycles. The molecule has 0 spiro atoms. The van der Waals surface area contributed by atoms with Gasteiger partial charge in [0.15, 0.2) is 0 Å². The van der Waals surface area contributed by atoms with Gasteiger partial charge in [0.1, 0.15) is 0 Å². The molecule has 1 fully saturated rings. The van der Waals surface area contributed by atoms with Gasteiger partial charge in [0, 0.05) is 50.0 Å². The molecule has 0 N–H and O–H groups in total. The van der Waals surface area contributed by atoms with Gasteiger partial charge in [-0.15, -0.1) is 0 Å². The van der Waals surface area contributed by atoms with Crippen molar-refractivity contribution in [3.63, 3.8) is 0 Å². The van der Waals surface area contributed by atoms with Crippen LogP contribution in [-0.2, 0) is 14.3 Å². The molecule has 0 bridgehead atoms. The van der Waals surface area contributed by atoms with Crippen LogP contribution in [0.2, 0.25) is 0 Å². The molecule has 7 nitrogen and oxygen atoms in total. The summed E-state index contributed by atoms with van der Waals surface area (Å²) in [5, 5.41) is 0. The first-order valence-electron chi connectivity index (χ1n) is 9.08. The van der Waals surface area contributed by atoms with Gasteiger partial charge in [0.2, 0.25) is 5.91 Å². The minimum absolute atomic E-state index is 0.0201. The molecule has 0 aliphatic carbocycles. The molecule has 26 heavy (non-hydrogen) atoms. The van der Waals surface area contributed by atoms with Crippen LogP contribution >= 0.6 is 0 Å². The second kappa shape index (κ2) is 8.38. The van der Waals surface area contributed by atoms with E-state index >= 15 is 0 Å². The van der Waals surface area contributed by atoms with E-state index in [0.717, 1.165) is 17.0 Å². The third-order valence-corrected chi connectivity index (χ3v) is 4.92. The minimum Gasteiger partial charge on any atom is -0.469 e. The molecule has 0 radical (unpaired) electrons. The van der Waals surface area contributed by atoms with Crippen LogP contribution in [0.5, 0.6) is 0 Å². The zero-order valence-electron chi connectivity index (χ0n) is 16.4. The normalized spacial score (nSPS) is 14.7. The maximum atomic E-state index is 12.9. The zero-order valence-corrected chi connectivity index (χ0v) is 16.4. The number of carbonyl (C=O) groups is 3. The number of ether oxygens (including phenoxy) is 1. The molecule has 2 rings (SSSR count). The molecule has 1 aromatic heterocycles. The van der Waals surface area contributed by atoms with Gasteiger partial charge < -0.3 is 19.1 Å². The van der Waals surface area contributed by atoms with Gasteiger partial charge in [-0.1, -0.05) is 0 Å². The van der Waals surface area contributed by atoms with Crippen LogP contribution in [-0.4, -0.2) is 65.4 Å². The summed E-state index contributed by atoms with van der Waals surface area (Å²) >= 11 is 0. The monoisotopic (exact) mass is 363 g/mol. The Bertz CT molecular complexity index is 685. The van der Waals surface area contributed by atoms with Crippen LogP contribution in [0.3, 0.4) is 0 Å². The summed E-state index contributed by atoms with van der Waals surface area (Å²) in [4.78, 5) is 39.7. The summed E-state index contributed by atoms with van der Waals surface area (Å²) in [5.41, 5.74) is 2.80. The summed E-state index contributed by atoms with van der Waals surface area (Å²) in [5.74, 6) is -0.431. The molecule has 1 aromatic rings. The average molecular weight is 363 g/mol. The largest absolute Gasteiger partial charge is 0.469 e. The Hall–Kier alpha value is -2.31. The third kappa shape index (κ3) is 4.26. The predicted molar refractivity (Wildman–Crippen MR) is 98.0 cm³/mol. The van der Waals surface area contributed by atoms with Crippen molar-refractivity contribution >= 4 is 17.8 Å². The van der Waals surface area contributed by atoms with E-state index in [1.807, 2.05) is 19.9 Å². The number of hydrogen-bond donors (Lipinski definition) is 0.